The lowest BCUT2D eigenvalue weighted by atomic mass is 9.93. The van der Waals surface area contributed by atoms with Crippen molar-refractivity contribution in [3.8, 4) is 0 Å². The third kappa shape index (κ3) is 9.52. The smallest absolute Gasteiger partial charge is 0.326 e. The largest absolute Gasteiger partial charge is 0.480 e. The molecule has 1 unspecified atom stereocenters. The molecule has 6 heteroatoms. The number of alkyl halides is 2. The van der Waals surface area contributed by atoms with Gasteiger partial charge in [0.1, 0.15) is 5.54 Å². The highest BCUT2D eigenvalue weighted by atomic mass is 19.3. The quantitative estimate of drug-likeness (QED) is 0.382. The number of nitrogens with two attached hydrogens (primary N) is 1. The van der Waals surface area contributed by atoms with Gasteiger partial charge in [-0.2, -0.15) is 0 Å². The Balaban J connectivity index is 3.59. The molecule has 0 aromatic rings. The van der Waals surface area contributed by atoms with Crippen LogP contribution in [-0.4, -0.2) is 34.3 Å². The van der Waals surface area contributed by atoms with E-state index in [4.69, 9.17) is 10.8 Å². The zero-order valence-electron chi connectivity index (χ0n) is 12.6. The number of hydrogen-bond donors (Lipinski definition) is 3. The minimum Gasteiger partial charge on any atom is -0.480 e. The van der Waals surface area contributed by atoms with Crippen LogP contribution in [0.4, 0.5) is 8.78 Å². The van der Waals surface area contributed by atoms with Gasteiger partial charge in [0.2, 0.25) is 6.43 Å². The van der Waals surface area contributed by atoms with Crippen LogP contribution in [0.1, 0.15) is 58.3 Å². The third-order valence-corrected chi connectivity index (χ3v) is 3.47. The van der Waals surface area contributed by atoms with Crippen molar-refractivity contribution in [3.05, 3.63) is 12.2 Å². The number of carbonyl (C=O) groups is 1. The minimum absolute atomic E-state index is 0.0187. The summed E-state index contributed by atoms with van der Waals surface area (Å²) < 4.78 is 23.7. The molecule has 0 radical (unpaired) electrons. The molecule has 0 fully saturated rings. The van der Waals surface area contributed by atoms with E-state index in [0.29, 0.717) is 19.3 Å². The molecule has 0 saturated carbocycles. The second-order valence-corrected chi connectivity index (χ2v) is 5.54. The molecule has 0 rings (SSSR count). The summed E-state index contributed by atoms with van der Waals surface area (Å²) in [5, 5.41) is 18.5. The first-order valence-electron chi connectivity index (χ1n) is 7.42. The van der Waals surface area contributed by atoms with Crippen molar-refractivity contribution >= 4 is 5.97 Å². The van der Waals surface area contributed by atoms with Crippen molar-refractivity contribution in [2.24, 2.45) is 5.73 Å². The van der Waals surface area contributed by atoms with E-state index in [1.165, 1.54) is 6.92 Å². The Morgan fingerprint density at radius 2 is 1.71 bits per heavy atom. The molecule has 0 amide bonds. The fourth-order valence-corrected chi connectivity index (χ4v) is 1.85. The second-order valence-electron chi connectivity index (χ2n) is 5.54. The Kier molecular flexibility index (Phi) is 10.2. The highest BCUT2D eigenvalue weighted by molar-refractivity contribution is 5.78. The van der Waals surface area contributed by atoms with E-state index in [1.807, 2.05) is 12.2 Å². The molecule has 0 saturated heterocycles. The van der Waals surface area contributed by atoms with Crippen molar-refractivity contribution in [3.63, 3.8) is 0 Å². The van der Waals surface area contributed by atoms with Gasteiger partial charge < -0.3 is 15.9 Å². The maximum Gasteiger partial charge on any atom is 0.326 e. The monoisotopic (exact) mass is 307 g/mol. The Hall–Kier alpha value is -1.01. The summed E-state index contributed by atoms with van der Waals surface area (Å²) in [6.07, 6.45) is 5.54. The summed E-state index contributed by atoms with van der Waals surface area (Å²) in [6, 6.07) is 0. The molecule has 0 aliphatic rings. The first-order valence-corrected chi connectivity index (χ1v) is 7.42. The maximum absolute atomic E-state index is 11.9. The molecule has 0 aromatic heterocycles. The Morgan fingerprint density at radius 3 is 2.29 bits per heavy atom. The molecule has 0 spiro atoms. The molecular formula is C15H27F2NO3. The van der Waals surface area contributed by atoms with Crippen molar-refractivity contribution in [2.45, 2.75) is 76.4 Å². The molecule has 0 aromatic carbocycles. The molecule has 4 nitrogen and oxygen atoms in total. The summed E-state index contributed by atoms with van der Waals surface area (Å²) in [5.41, 5.74) is 3.88. The van der Waals surface area contributed by atoms with Crippen molar-refractivity contribution in [1.29, 1.82) is 0 Å². The van der Waals surface area contributed by atoms with Crippen molar-refractivity contribution in [1.82, 2.24) is 0 Å². The number of halogens is 2. The van der Waals surface area contributed by atoms with E-state index in [0.717, 1.165) is 25.7 Å². The van der Waals surface area contributed by atoms with Crippen LogP contribution in [0.5, 0.6) is 0 Å². The first kappa shape index (κ1) is 20.0. The van der Waals surface area contributed by atoms with E-state index in [-0.39, 0.29) is 6.42 Å². The fourth-order valence-electron chi connectivity index (χ4n) is 1.85. The molecule has 2 atom stereocenters. The van der Waals surface area contributed by atoms with Gasteiger partial charge in [0.15, 0.2) is 0 Å². The standard InChI is InChI=1S/C15H27F2NO3/c1-15(18,14(20)21)12(19)10-8-6-4-2-3-5-7-9-11-13(16)17/h4,6,12-13,19H,2-3,5,7-11,18H2,1H3,(H,20,21)/b6-4+/t12?,15-/m0/s1. The number of unbranched alkanes of at least 4 members (excludes halogenated alkanes) is 4. The van der Waals surface area contributed by atoms with Crippen molar-refractivity contribution in [2.75, 3.05) is 0 Å². The fraction of sp³-hybridized carbons (Fsp3) is 0.800. The summed E-state index contributed by atoms with van der Waals surface area (Å²) in [7, 11) is 0. The molecular weight excluding hydrogens is 280 g/mol. The van der Waals surface area contributed by atoms with E-state index >= 15 is 0 Å². The summed E-state index contributed by atoms with van der Waals surface area (Å²) in [6.45, 7) is 1.29. The lowest BCUT2D eigenvalue weighted by Gasteiger charge is -2.25. The van der Waals surface area contributed by atoms with Crippen LogP contribution < -0.4 is 5.73 Å². The third-order valence-electron chi connectivity index (χ3n) is 3.47. The van der Waals surface area contributed by atoms with Crippen LogP contribution in [0.2, 0.25) is 0 Å². The highest BCUT2D eigenvalue weighted by Crippen LogP contribution is 2.13. The number of aliphatic carboxylic acids is 1. The zero-order chi connectivity index (χ0) is 16.3. The van der Waals surface area contributed by atoms with Gasteiger partial charge in [0.25, 0.3) is 0 Å². The molecule has 0 aliphatic heterocycles. The summed E-state index contributed by atoms with van der Waals surface area (Å²) >= 11 is 0. The first-order chi connectivity index (χ1) is 9.78. The SMILES string of the molecule is C[C@@](N)(C(=O)O)C(O)CC/C=C/CCCCCCC(F)F. The van der Waals surface area contributed by atoms with Gasteiger partial charge in [0.05, 0.1) is 6.10 Å². The molecule has 0 bridgehead atoms. The number of hydrogen-bond acceptors (Lipinski definition) is 3. The Labute approximate surface area is 125 Å². The Morgan fingerprint density at radius 1 is 1.14 bits per heavy atom. The van der Waals surface area contributed by atoms with Crippen LogP contribution in [0.3, 0.4) is 0 Å². The van der Waals surface area contributed by atoms with Gasteiger partial charge in [-0.3, -0.25) is 4.79 Å². The van der Waals surface area contributed by atoms with E-state index in [2.05, 4.69) is 0 Å². The van der Waals surface area contributed by atoms with Crippen molar-refractivity contribution < 1.29 is 23.8 Å². The zero-order valence-corrected chi connectivity index (χ0v) is 12.6. The van der Waals surface area contributed by atoms with Crippen LogP contribution >= 0.6 is 0 Å². The lowest BCUT2D eigenvalue weighted by molar-refractivity contribution is -0.147. The number of aliphatic hydroxyl groups is 1. The van der Waals surface area contributed by atoms with Gasteiger partial charge in [-0.05, 0) is 39.0 Å². The summed E-state index contributed by atoms with van der Waals surface area (Å²) in [4.78, 5) is 10.8. The maximum atomic E-state index is 11.9. The normalized spacial score (nSPS) is 16.3. The van der Waals surface area contributed by atoms with Gasteiger partial charge in [-0.15, -0.1) is 0 Å². The number of allylic oxidation sites excluding steroid dienone is 2. The van der Waals surface area contributed by atoms with Gasteiger partial charge in [0, 0.05) is 6.42 Å². The van der Waals surface area contributed by atoms with E-state index in [9.17, 15) is 18.7 Å². The van der Waals surface area contributed by atoms with Crippen LogP contribution in [0.25, 0.3) is 0 Å². The predicted octanol–water partition coefficient (Wildman–Crippen LogP) is 3.09. The van der Waals surface area contributed by atoms with Crippen LogP contribution in [-0.2, 0) is 4.79 Å². The summed E-state index contributed by atoms with van der Waals surface area (Å²) in [5.74, 6) is -1.22. The predicted molar refractivity (Wildman–Crippen MR) is 78.3 cm³/mol. The number of aliphatic hydroxyl groups excluding tert-OH is 1. The molecule has 0 aliphatic carbocycles. The molecule has 21 heavy (non-hydrogen) atoms. The number of carboxylic acids is 1. The average molecular weight is 307 g/mol. The topological polar surface area (TPSA) is 83.6 Å². The van der Waals surface area contributed by atoms with Crippen LogP contribution in [0, 0.1) is 0 Å². The second kappa shape index (κ2) is 10.7. The van der Waals surface area contributed by atoms with Crippen LogP contribution in [0.15, 0.2) is 12.2 Å². The average Bonchev–Trinajstić information content (AvgIpc) is 2.39. The highest BCUT2D eigenvalue weighted by Gasteiger charge is 2.35. The minimum atomic E-state index is -2.20. The molecule has 0 heterocycles. The Bertz CT molecular complexity index is 320. The van der Waals surface area contributed by atoms with Gasteiger partial charge in [-0.25, -0.2) is 8.78 Å². The molecule has 124 valence electrons. The van der Waals surface area contributed by atoms with Gasteiger partial charge >= 0.3 is 5.97 Å². The van der Waals surface area contributed by atoms with Gasteiger partial charge in [-0.1, -0.05) is 25.0 Å². The van der Waals surface area contributed by atoms with E-state index in [1.54, 1.807) is 0 Å². The molecule has 4 N–H and O–H groups in total. The number of carboxylic acid groups (broad SMARTS) is 1. The number of rotatable bonds is 12. The lowest BCUT2D eigenvalue weighted by Crippen LogP contribution is -2.54. The van der Waals surface area contributed by atoms with E-state index < -0.39 is 24.0 Å².